The fourth-order valence-corrected chi connectivity index (χ4v) is 1.90. The monoisotopic (exact) mass is 342 g/mol. The van der Waals surface area contributed by atoms with E-state index in [1.165, 1.54) is 0 Å². The van der Waals surface area contributed by atoms with Crippen LogP contribution < -0.4 is 0 Å². The molecule has 2 rings (SSSR count). The quantitative estimate of drug-likeness (QED) is 0.645. The van der Waals surface area contributed by atoms with E-state index in [0.29, 0.717) is 11.3 Å². The van der Waals surface area contributed by atoms with Crippen molar-refractivity contribution in [3.63, 3.8) is 0 Å². The van der Waals surface area contributed by atoms with Crippen molar-refractivity contribution in [2.45, 2.75) is 13.8 Å². The molecule has 2 aromatic heterocycles. The lowest BCUT2D eigenvalue weighted by atomic mass is 10.1. The predicted octanol–water partition coefficient (Wildman–Crippen LogP) is 1.04. The predicted molar refractivity (Wildman–Crippen MR) is 67.7 cm³/mol. The summed E-state index contributed by atoms with van der Waals surface area (Å²) in [5.74, 6) is -2.05. The Bertz CT molecular complexity index is 727. The zero-order chi connectivity index (χ0) is 15.0. The Hall–Kier alpha value is -2.43. The summed E-state index contributed by atoms with van der Waals surface area (Å²) >= 11 is 2.97. The third-order valence-electron chi connectivity index (χ3n) is 2.57. The summed E-state index contributed by atoms with van der Waals surface area (Å²) in [4.78, 5) is 24.7. The largest absolute Gasteiger partial charge is 0.492 e. The Morgan fingerprint density at radius 1 is 1.40 bits per heavy atom. The standard InChI is InChI=1S/C9H7BrN6O4/c1-3-4(2)12-13-6(5(3)7(17)18)15-8(10)11-9(14-15)16(19)20/h1-2H3,(H,17,18). The summed E-state index contributed by atoms with van der Waals surface area (Å²) < 4.78 is 0.880. The van der Waals surface area contributed by atoms with Gasteiger partial charge >= 0.3 is 11.9 Å². The Morgan fingerprint density at radius 2 is 2.05 bits per heavy atom. The van der Waals surface area contributed by atoms with Gasteiger partial charge in [-0.05, 0) is 29.3 Å². The Kier molecular flexibility index (Phi) is 3.44. The van der Waals surface area contributed by atoms with E-state index < -0.39 is 16.8 Å². The number of rotatable bonds is 3. The van der Waals surface area contributed by atoms with Crippen LogP contribution in [-0.4, -0.2) is 41.0 Å². The first-order valence-electron chi connectivity index (χ1n) is 5.17. The first-order valence-corrected chi connectivity index (χ1v) is 5.96. The molecule has 0 aliphatic heterocycles. The van der Waals surface area contributed by atoms with E-state index in [1.54, 1.807) is 13.8 Å². The van der Waals surface area contributed by atoms with Crippen molar-refractivity contribution >= 4 is 27.8 Å². The second kappa shape index (κ2) is 4.92. The first kappa shape index (κ1) is 14.0. The SMILES string of the molecule is Cc1nnc(-n2nc([N+](=O)[O-])nc2Br)c(C(=O)O)c1C. The zero-order valence-corrected chi connectivity index (χ0v) is 11.8. The van der Waals surface area contributed by atoms with E-state index in [9.17, 15) is 20.0 Å². The van der Waals surface area contributed by atoms with Gasteiger partial charge in [0.05, 0.1) is 5.69 Å². The second-order valence-corrected chi connectivity index (χ2v) is 4.47. The summed E-state index contributed by atoms with van der Waals surface area (Å²) in [6, 6.07) is 0. The van der Waals surface area contributed by atoms with E-state index in [1.807, 2.05) is 0 Å². The van der Waals surface area contributed by atoms with E-state index in [-0.39, 0.29) is 16.1 Å². The average molecular weight is 343 g/mol. The van der Waals surface area contributed by atoms with Gasteiger partial charge in [-0.15, -0.1) is 9.78 Å². The van der Waals surface area contributed by atoms with Crippen LogP contribution in [0.5, 0.6) is 0 Å². The van der Waals surface area contributed by atoms with Crippen molar-refractivity contribution in [3.05, 3.63) is 31.7 Å². The number of carboxylic acids is 1. The molecule has 0 bridgehead atoms. The minimum atomic E-state index is -1.24. The molecule has 10 nitrogen and oxygen atoms in total. The van der Waals surface area contributed by atoms with Crippen molar-refractivity contribution < 1.29 is 14.8 Å². The molecule has 11 heteroatoms. The fourth-order valence-electron chi connectivity index (χ4n) is 1.50. The fraction of sp³-hybridized carbons (Fsp3) is 0.222. The topological polar surface area (TPSA) is 137 Å². The van der Waals surface area contributed by atoms with Crippen LogP contribution in [0.2, 0.25) is 0 Å². The molecular formula is C9H7BrN6O4. The van der Waals surface area contributed by atoms with Crippen LogP contribution >= 0.6 is 15.9 Å². The minimum absolute atomic E-state index is 0.0377. The lowest BCUT2D eigenvalue weighted by Crippen LogP contribution is -2.14. The van der Waals surface area contributed by atoms with Gasteiger partial charge in [0.15, 0.2) is 0 Å². The number of nitrogens with zero attached hydrogens (tertiary/aromatic N) is 6. The van der Waals surface area contributed by atoms with Crippen molar-refractivity contribution in [3.8, 4) is 5.82 Å². The molecule has 20 heavy (non-hydrogen) atoms. The molecule has 104 valence electrons. The van der Waals surface area contributed by atoms with Gasteiger partial charge < -0.3 is 15.2 Å². The number of aromatic nitrogens is 5. The molecule has 0 aliphatic carbocycles. The molecule has 0 spiro atoms. The van der Waals surface area contributed by atoms with Gasteiger partial charge in [0.2, 0.25) is 5.82 Å². The Labute approximate surface area is 119 Å². The lowest BCUT2D eigenvalue weighted by molar-refractivity contribution is -0.394. The number of aryl methyl sites for hydroxylation is 1. The Balaban J connectivity index is 2.73. The molecule has 0 aliphatic rings. The van der Waals surface area contributed by atoms with E-state index >= 15 is 0 Å². The normalized spacial score (nSPS) is 10.6. The number of aromatic carboxylic acids is 1. The highest BCUT2D eigenvalue weighted by atomic mass is 79.9. The van der Waals surface area contributed by atoms with Crippen molar-refractivity contribution in [1.29, 1.82) is 0 Å². The maximum absolute atomic E-state index is 11.3. The third kappa shape index (κ3) is 2.22. The second-order valence-electron chi connectivity index (χ2n) is 3.76. The summed E-state index contributed by atoms with van der Waals surface area (Å²) in [5, 5.41) is 31.0. The van der Waals surface area contributed by atoms with E-state index in [0.717, 1.165) is 4.68 Å². The van der Waals surface area contributed by atoms with Gasteiger partial charge in [-0.3, -0.25) is 0 Å². The number of halogens is 1. The maximum atomic E-state index is 11.3. The van der Waals surface area contributed by atoms with Gasteiger partial charge in [0, 0.05) is 21.0 Å². The molecule has 0 radical (unpaired) electrons. The molecule has 0 saturated carbocycles. The van der Waals surface area contributed by atoms with Crippen molar-refractivity contribution in [1.82, 2.24) is 25.0 Å². The lowest BCUT2D eigenvalue weighted by Gasteiger charge is -2.06. The summed E-state index contributed by atoms with van der Waals surface area (Å²) in [6.45, 7) is 3.17. The molecule has 0 fully saturated rings. The highest BCUT2D eigenvalue weighted by Gasteiger charge is 2.27. The molecule has 2 heterocycles. The summed E-state index contributed by atoms with van der Waals surface area (Å²) in [7, 11) is 0. The number of nitro groups is 1. The van der Waals surface area contributed by atoms with Crippen molar-refractivity contribution in [2.75, 3.05) is 0 Å². The Morgan fingerprint density at radius 3 is 2.55 bits per heavy atom. The molecule has 0 saturated heterocycles. The van der Waals surface area contributed by atoms with Crippen LogP contribution in [0.15, 0.2) is 4.73 Å². The summed E-state index contributed by atoms with van der Waals surface area (Å²) in [5.41, 5.74) is 0.697. The van der Waals surface area contributed by atoms with Crippen LogP contribution in [0.25, 0.3) is 5.82 Å². The van der Waals surface area contributed by atoms with Crippen LogP contribution in [-0.2, 0) is 0 Å². The molecule has 0 amide bonds. The molecule has 0 unspecified atom stereocenters. The minimum Gasteiger partial charge on any atom is -0.478 e. The molecule has 2 aromatic rings. The molecule has 1 N–H and O–H groups in total. The average Bonchev–Trinajstić information content (AvgIpc) is 2.74. The van der Waals surface area contributed by atoms with Crippen LogP contribution in [0.1, 0.15) is 21.6 Å². The van der Waals surface area contributed by atoms with Crippen LogP contribution in [0.4, 0.5) is 5.95 Å². The highest BCUT2D eigenvalue weighted by molar-refractivity contribution is 9.10. The van der Waals surface area contributed by atoms with Gasteiger partial charge in [-0.2, -0.15) is 5.10 Å². The number of hydrogen-bond donors (Lipinski definition) is 1. The number of carboxylic acid groups (broad SMARTS) is 1. The highest BCUT2D eigenvalue weighted by Crippen LogP contribution is 2.22. The van der Waals surface area contributed by atoms with Gasteiger partial charge in [0.1, 0.15) is 5.56 Å². The van der Waals surface area contributed by atoms with E-state index in [4.69, 9.17) is 0 Å². The van der Waals surface area contributed by atoms with Gasteiger partial charge in [-0.1, -0.05) is 0 Å². The van der Waals surface area contributed by atoms with Crippen molar-refractivity contribution in [2.24, 2.45) is 0 Å². The maximum Gasteiger partial charge on any atom is 0.492 e. The zero-order valence-electron chi connectivity index (χ0n) is 10.2. The van der Waals surface area contributed by atoms with E-state index in [2.05, 4.69) is 36.2 Å². The summed E-state index contributed by atoms with van der Waals surface area (Å²) in [6.07, 6.45) is 0. The first-order chi connectivity index (χ1) is 9.32. The molecular weight excluding hydrogens is 336 g/mol. The molecule has 0 aromatic carbocycles. The van der Waals surface area contributed by atoms with Gasteiger partial charge in [0.25, 0.3) is 4.73 Å². The van der Waals surface area contributed by atoms with Gasteiger partial charge in [-0.25, -0.2) is 4.79 Å². The third-order valence-corrected chi connectivity index (χ3v) is 3.08. The van der Waals surface area contributed by atoms with Crippen LogP contribution in [0.3, 0.4) is 0 Å². The number of hydrogen-bond acceptors (Lipinski definition) is 7. The molecule has 0 atom stereocenters. The number of carbonyl (C=O) groups is 1. The van der Waals surface area contributed by atoms with Crippen LogP contribution in [0, 0.1) is 24.0 Å². The smallest absolute Gasteiger partial charge is 0.478 e.